The second-order valence-electron chi connectivity index (χ2n) is 3.06. The minimum absolute atomic E-state index is 0.719. The van der Waals surface area contributed by atoms with Gasteiger partial charge in [-0.05, 0) is 23.1 Å². The Morgan fingerprint density at radius 2 is 1.93 bits per heavy atom. The fourth-order valence-electron chi connectivity index (χ4n) is 1.31. The monoisotopic (exact) mass is 211 g/mol. The Kier molecular flexibility index (Phi) is 2.96. The van der Waals surface area contributed by atoms with Crippen molar-refractivity contribution in [3.63, 3.8) is 0 Å². The van der Waals surface area contributed by atoms with E-state index in [1.165, 1.54) is 0 Å². The average molecular weight is 211 g/mol. The minimum atomic E-state index is 0.719. The highest BCUT2D eigenvalue weighted by atomic mass is 32.1. The van der Waals surface area contributed by atoms with Crippen LogP contribution in [0.15, 0.2) is 47.8 Å². The molecule has 2 aromatic rings. The second-order valence-corrected chi connectivity index (χ2v) is 4.01. The van der Waals surface area contributed by atoms with Crippen molar-refractivity contribution in [2.45, 2.75) is 0 Å². The number of benzene rings is 1. The molecule has 1 aromatic heterocycles. The molecule has 0 aliphatic rings. The summed E-state index contributed by atoms with van der Waals surface area (Å²) < 4.78 is 0. The number of hydrogen-bond acceptors (Lipinski definition) is 2. The summed E-state index contributed by atoms with van der Waals surface area (Å²) in [6.45, 7) is 0. The van der Waals surface area contributed by atoms with E-state index in [0.29, 0.717) is 0 Å². The van der Waals surface area contributed by atoms with E-state index in [-0.39, 0.29) is 0 Å². The van der Waals surface area contributed by atoms with Crippen LogP contribution in [0.1, 0.15) is 10.4 Å². The Balaban J connectivity index is 2.37. The number of nitrogens with zero attached hydrogens (tertiary/aromatic N) is 1. The van der Waals surface area contributed by atoms with Crippen molar-refractivity contribution in [3.05, 3.63) is 58.3 Å². The van der Waals surface area contributed by atoms with Crippen LogP contribution in [0.4, 0.5) is 0 Å². The zero-order valence-corrected chi connectivity index (χ0v) is 8.87. The van der Waals surface area contributed by atoms with E-state index in [1.54, 1.807) is 11.3 Å². The summed E-state index contributed by atoms with van der Waals surface area (Å²) in [5, 5.41) is 11.0. The van der Waals surface area contributed by atoms with Crippen LogP contribution in [0.3, 0.4) is 0 Å². The standard InChI is InChI=1S/C13H9NS/c14-10-12(13-7-4-8-15-13)9-11-5-2-1-3-6-11/h1-9H/b12-9+. The van der Waals surface area contributed by atoms with E-state index in [2.05, 4.69) is 6.07 Å². The molecule has 0 amide bonds. The van der Waals surface area contributed by atoms with Crippen molar-refractivity contribution in [2.24, 2.45) is 0 Å². The topological polar surface area (TPSA) is 23.8 Å². The molecule has 0 unspecified atom stereocenters. The average Bonchev–Trinajstić information content (AvgIpc) is 2.81. The molecule has 1 nitrogen and oxygen atoms in total. The van der Waals surface area contributed by atoms with Gasteiger partial charge in [0.15, 0.2) is 0 Å². The van der Waals surface area contributed by atoms with Crippen LogP contribution in [-0.4, -0.2) is 0 Å². The quantitative estimate of drug-likeness (QED) is 0.693. The summed E-state index contributed by atoms with van der Waals surface area (Å²) in [5.41, 5.74) is 1.78. The zero-order valence-electron chi connectivity index (χ0n) is 8.05. The van der Waals surface area contributed by atoms with Crippen LogP contribution < -0.4 is 0 Å². The molecule has 0 saturated heterocycles. The molecule has 1 aromatic carbocycles. The molecular formula is C13H9NS. The molecule has 15 heavy (non-hydrogen) atoms. The molecule has 2 heteroatoms. The first kappa shape index (κ1) is 9.70. The number of nitriles is 1. The van der Waals surface area contributed by atoms with Gasteiger partial charge in [0, 0.05) is 4.88 Å². The maximum Gasteiger partial charge on any atom is 0.101 e. The maximum atomic E-state index is 9.05. The summed E-state index contributed by atoms with van der Waals surface area (Å²) in [4.78, 5) is 1.02. The lowest BCUT2D eigenvalue weighted by atomic mass is 10.1. The molecule has 72 valence electrons. The lowest BCUT2D eigenvalue weighted by Crippen LogP contribution is -1.76. The summed E-state index contributed by atoms with van der Waals surface area (Å²) in [6, 6.07) is 16.0. The van der Waals surface area contributed by atoms with Crippen LogP contribution in [0.5, 0.6) is 0 Å². The van der Waals surface area contributed by atoms with Crippen LogP contribution in [-0.2, 0) is 0 Å². The highest BCUT2D eigenvalue weighted by molar-refractivity contribution is 7.11. The zero-order chi connectivity index (χ0) is 10.5. The largest absolute Gasteiger partial charge is 0.192 e. The molecule has 0 aliphatic heterocycles. The summed E-state index contributed by atoms with van der Waals surface area (Å²) in [7, 11) is 0. The van der Waals surface area contributed by atoms with Gasteiger partial charge >= 0.3 is 0 Å². The number of hydrogen-bond donors (Lipinski definition) is 0. The van der Waals surface area contributed by atoms with Gasteiger partial charge in [-0.25, -0.2) is 0 Å². The third-order valence-corrected chi connectivity index (χ3v) is 2.92. The van der Waals surface area contributed by atoms with Gasteiger partial charge in [-0.3, -0.25) is 0 Å². The highest BCUT2D eigenvalue weighted by Crippen LogP contribution is 2.21. The van der Waals surface area contributed by atoms with Gasteiger partial charge in [0.2, 0.25) is 0 Å². The number of thiophene rings is 1. The van der Waals surface area contributed by atoms with E-state index < -0.39 is 0 Å². The van der Waals surface area contributed by atoms with E-state index in [9.17, 15) is 0 Å². The van der Waals surface area contributed by atoms with Gasteiger partial charge in [0.25, 0.3) is 0 Å². The molecule has 0 atom stereocenters. The molecule has 0 N–H and O–H groups in total. The molecule has 0 spiro atoms. The minimum Gasteiger partial charge on any atom is -0.192 e. The third kappa shape index (κ3) is 2.34. The van der Waals surface area contributed by atoms with E-state index in [1.807, 2.05) is 53.9 Å². The first-order chi connectivity index (χ1) is 7.40. The molecule has 2 rings (SSSR count). The van der Waals surface area contributed by atoms with Crippen molar-refractivity contribution >= 4 is 23.0 Å². The lowest BCUT2D eigenvalue weighted by molar-refractivity contribution is 1.54. The normalized spacial score (nSPS) is 11.0. The Bertz CT molecular complexity index is 489. The predicted octanol–water partition coefficient (Wildman–Crippen LogP) is 3.81. The van der Waals surface area contributed by atoms with Gasteiger partial charge in [0.1, 0.15) is 6.07 Å². The molecule has 0 fully saturated rings. The Morgan fingerprint density at radius 3 is 2.53 bits per heavy atom. The number of allylic oxidation sites excluding steroid dienone is 1. The van der Waals surface area contributed by atoms with Crippen molar-refractivity contribution in [1.82, 2.24) is 0 Å². The summed E-state index contributed by atoms with van der Waals surface area (Å²) >= 11 is 1.58. The summed E-state index contributed by atoms with van der Waals surface area (Å²) in [5.74, 6) is 0. The van der Waals surface area contributed by atoms with Gasteiger partial charge in [0.05, 0.1) is 5.57 Å². The molecule has 1 heterocycles. The van der Waals surface area contributed by atoms with Crippen molar-refractivity contribution in [2.75, 3.05) is 0 Å². The fourth-order valence-corrected chi connectivity index (χ4v) is 2.00. The fraction of sp³-hybridized carbons (Fsp3) is 0. The summed E-state index contributed by atoms with van der Waals surface area (Å²) in [6.07, 6.45) is 1.91. The lowest BCUT2D eigenvalue weighted by Gasteiger charge is -1.94. The van der Waals surface area contributed by atoms with Crippen LogP contribution >= 0.6 is 11.3 Å². The number of rotatable bonds is 2. The van der Waals surface area contributed by atoms with Gasteiger partial charge < -0.3 is 0 Å². The molecule has 0 radical (unpaired) electrons. The van der Waals surface area contributed by atoms with Crippen molar-refractivity contribution in [3.8, 4) is 6.07 Å². The van der Waals surface area contributed by atoms with Gasteiger partial charge in [-0.1, -0.05) is 36.4 Å². The Hall–Kier alpha value is -1.85. The molecular weight excluding hydrogens is 202 g/mol. The molecule has 0 aliphatic carbocycles. The Morgan fingerprint density at radius 1 is 1.13 bits per heavy atom. The van der Waals surface area contributed by atoms with Gasteiger partial charge in [-0.15, -0.1) is 11.3 Å². The van der Waals surface area contributed by atoms with Crippen molar-refractivity contribution < 1.29 is 0 Å². The van der Waals surface area contributed by atoms with Crippen molar-refractivity contribution in [1.29, 1.82) is 5.26 Å². The predicted molar refractivity (Wildman–Crippen MR) is 64.2 cm³/mol. The Labute approximate surface area is 92.9 Å². The van der Waals surface area contributed by atoms with Crippen LogP contribution in [0.25, 0.3) is 11.6 Å². The highest BCUT2D eigenvalue weighted by Gasteiger charge is 2.00. The first-order valence-electron chi connectivity index (χ1n) is 4.61. The van der Waals surface area contributed by atoms with Crippen LogP contribution in [0, 0.1) is 11.3 Å². The SMILES string of the molecule is N#C/C(=C\c1ccccc1)c1cccs1. The van der Waals surface area contributed by atoms with E-state index in [4.69, 9.17) is 5.26 Å². The smallest absolute Gasteiger partial charge is 0.101 e. The van der Waals surface area contributed by atoms with Crippen LogP contribution in [0.2, 0.25) is 0 Å². The van der Waals surface area contributed by atoms with E-state index in [0.717, 1.165) is 16.0 Å². The van der Waals surface area contributed by atoms with E-state index >= 15 is 0 Å². The maximum absolute atomic E-state index is 9.05. The first-order valence-corrected chi connectivity index (χ1v) is 5.49. The van der Waals surface area contributed by atoms with Gasteiger partial charge in [-0.2, -0.15) is 5.26 Å². The second kappa shape index (κ2) is 4.59. The third-order valence-electron chi connectivity index (χ3n) is 2.02. The molecule has 0 saturated carbocycles. The molecule has 0 bridgehead atoms.